The van der Waals surface area contributed by atoms with Crippen LogP contribution in [-0.2, 0) is 6.42 Å². The molecule has 1 saturated carbocycles. The Morgan fingerprint density at radius 1 is 1.28 bits per heavy atom. The van der Waals surface area contributed by atoms with Crippen LogP contribution in [0.4, 0.5) is 13.2 Å². The van der Waals surface area contributed by atoms with Gasteiger partial charge in [0.2, 0.25) is 0 Å². The molecule has 2 aromatic rings. The number of nitrogens with zero attached hydrogens (tertiary/aromatic N) is 3. The molecule has 2 aromatic heterocycles. The molecule has 0 spiro atoms. The molecule has 170 valence electrons. The van der Waals surface area contributed by atoms with E-state index in [2.05, 4.69) is 34.3 Å². The van der Waals surface area contributed by atoms with Gasteiger partial charge in [-0.3, -0.25) is 0 Å². The quantitative estimate of drug-likeness (QED) is 0.635. The molecule has 3 aliphatic rings. The van der Waals surface area contributed by atoms with Gasteiger partial charge in [-0.1, -0.05) is 17.7 Å². The average Bonchev–Trinajstić information content (AvgIpc) is 3.31. The molecule has 0 radical (unpaired) electrons. The number of alkyl halides is 3. The number of hydrogen-bond acceptors (Lipinski definition) is 3. The molecule has 0 amide bonds. The van der Waals surface area contributed by atoms with Crippen molar-refractivity contribution in [3.63, 3.8) is 0 Å². The number of fused-ring (bicyclic) bond motifs is 2. The maximum absolute atomic E-state index is 12.8. The number of rotatable bonds is 3. The normalized spacial score (nSPS) is 28.1. The molecule has 5 rings (SSSR count). The number of aliphatic hydroxyl groups is 1. The highest BCUT2D eigenvalue weighted by molar-refractivity contribution is 6.35. The Bertz CT molecular complexity index is 1140. The van der Waals surface area contributed by atoms with Crippen LogP contribution in [0.15, 0.2) is 48.5 Å². The van der Waals surface area contributed by atoms with E-state index in [-0.39, 0.29) is 11.7 Å². The lowest BCUT2D eigenvalue weighted by Crippen LogP contribution is -2.43. The largest absolute Gasteiger partial charge is 0.394 e. The fraction of sp³-hybridized carbons (Fsp3) is 0.458. The van der Waals surface area contributed by atoms with Crippen LogP contribution in [0.1, 0.15) is 50.3 Å². The number of pyridine rings is 1. The van der Waals surface area contributed by atoms with E-state index < -0.39 is 18.2 Å². The Kier molecular flexibility index (Phi) is 5.17. The van der Waals surface area contributed by atoms with Gasteiger partial charge in [-0.2, -0.15) is 13.2 Å². The van der Waals surface area contributed by atoms with Crippen LogP contribution in [-0.4, -0.2) is 43.3 Å². The molecular weight excluding hydrogens is 439 g/mol. The summed E-state index contributed by atoms with van der Waals surface area (Å²) >= 11 is 6.59. The van der Waals surface area contributed by atoms with Gasteiger partial charge in [0, 0.05) is 30.2 Å². The standard InChI is InChI=1S/C24H25ClF3N3O/c1-23(32)8-4-17(5-9-23)30-10-6-16-12-15(2-3-20(16)30)19-7-11-31-18(13-24(26,27)28)14-29-22(31)21(19)25/h2,6-7,10-12,14,17,20,32H,3-5,8-9,13H2,1H3. The Hall–Kier alpha value is -2.25. The molecule has 0 aromatic carbocycles. The highest BCUT2D eigenvalue weighted by atomic mass is 35.5. The van der Waals surface area contributed by atoms with Crippen LogP contribution < -0.4 is 0 Å². The Morgan fingerprint density at radius 2 is 2.03 bits per heavy atom. The van der Waals surface area contributed by atoms with Gasteiger partial charge in [-0.15, -0.1) is 0 Å². The van der Waals surface area contributed by atoms with E-state index in [4.69, 9.17) is 11.6 Å². The van der Waals surface area contributed by atoms with Crippen molar-refractivity contribution in [1.29, 1.82) is 0 Å². The Balaban J connectivity index is 1.37. The number of halogens is 4. The minimum Gasteiger partial charge on any atom is -0.390 e. The molecule has 2 aliphatic carbocycles. The van der Waals surface area contributed by atoms with Crippen molar-refractivity contribution < 1.29 is 18.3 Å². The highest BCUT2D eigenvalue weighted by Crippen LogP contribution is 2.40. The van der Waals surface area contributed by atoms with Gasteiger partial charge in [0.25, 0.3) is 0 Å². The molecule has 1 aliphatic heterocycles. The van der Waals surface area contributed by atoms with Gasteiger partial charge < -0.3 is 14.4 Å². The monoisotopic (exact) mass is 463 g/mol. The number of aromatic nitrogens is 2. The summed E-state index contributed by atoms with van der Waals surface area (Å²) in [5.41, 5.74) is 2.79. The van der Waals surface area contributed by atoms with Crippen LogP contribution in [0.25, 0.3) is 11.2 Å². The summed E-state index contributed by atoms with van der Waals surface area (Å²) in [6, 6.07) is 2.47. The lowest BCUT2D eigenvalue weighted by atomic mass is 9.82. The summed E-state index contributed by atoms with van der Waals surface area (Å²) in [6.07, 6.45) is 10.4. The van der Waals surface area contributed by atoms with Gasteiger partial charge in [-0.05, 0) is 68.4 Å². The first-order valence-corrected chi connectivity index (χ1v) is 11.3. The predicted octanol–water partition coefficient (Wildman–Crippen LogP) is 5.70. The van der Waals surface area contributed by atoms with Crippen LogP contribution in [0, 0.1) is 0 Å². The first-order valence-electron chi connectivity index (χ1n) is 10.9. The first kappa shape index (κ1) is 21.6. The first-order chi connectivity index (χ1) is 15.1. The fourth-order valence-electron chi connectivity index (χ4n) is 5.15. The molecular formula is C24H25ClF3N3O. The lowest BCUT2D eigenvalue weighted by Gasteiger charge is -2.41. The molecule has 3 heterocycles. The maximum Gasteiger partial charge on any atom is 0.394 e. The number of allylic oxidation sites excluding steroid dienone is 2. The Morgan fingerprint density at radius 3 is 2.75 bits per heavy atom. The minimum atomic E-state index is -4.30. The highest BCUT2D eigenvalue weighted by Gasteiger charge is 2.36. The van der Waals surface area contributed by atoms with Gasteiger partial charge in [0.05, 0.1) is 28.8 Å². The zero-order valence-corrected chi connectivity index (χ0v) is 18.5. The SMILES string of the molecule is CC1(O)CCC(N2C=CC3=CC(c4ccn5c(CC(F)(F)F)cnc5c4Cl)=CCC32)CC1. The van der Waals surface area contributed by atoms with E-state index in [1.54, 1.807) is 12.3 Å². The van der Waals surface area contributed by atoms with E-state index in [1.165, 1.54) is 16.2 Å². The minimum absolute atomic E-state index is 0.0674. The second-order valence-electron chi connectivity index (χ2n) is 9.32. The molecule has 1 unspecified atom stereocenters. The van der Waals surface area contributed by atoms with Crippen molar-refractivity contribution in [3.8, 4) is 0 Å². The molecule has 32 heavy (non-hydrogen) atoms. The summed E-state index contributed by atoms with van der Waals surface area (Å²) in [4.78, 5) is 6.56. The molecule has 0 bridgehead atoms. The molecule has 0 saturated heterocycles. The fourth-order valence-corrected chi connectivity index (χ4v) is 5.46. The van der Waals surface area contributed by atoms with Crippen molar-refractivity contribution in [2.75, 3.05) is 0 Å². The number of hydrogen-bond donors (Lipinski definition) is 1. The topological polar surface area (TPSA) is 40.8 Å². The third-order valence-corrected chi connectivity index (χ3v) is 7.28. The van der Waals surface area contributed by atoms with Crippen molar-refractivity contribution in [1.82, 2.24) is 14.3 Å². The van der Waals surface area contributed by atoms with Crippen molar-refractivity contribution >= 4 is 22.8 Å². The average molecular weight is 464 g/mol. The van der Waals surface area contributed by atoms with Crippen LogP contribution in [0.5, 0.6) is 0 Å². The van der Waals surface area contributed by atoms with Gasteiger partial charge in [0.15, 0.2) is 5.65 Å². The summed E-state index contributed by atoms with van der Waals surface area (Å²) in [6.45, 7) is 1.91. The third kappa shape index (κ3) is 3.97. The smallest absolute Gasteiger partial charge is 0.390 e. The van der Waals surface area contributed by atoms with Gasteiger partial charge >= 0.3 is 6.18 Å². The summed E-state index contributed by atoms with van der Waals surface area (Å²) in [7, 11) is 0. The number of imidazole rings is 1. The van der Waals surface area contributed by atoms with E-state index in [0.29, 0.717) is 16.7 Å². The summed E-state index contributed by atoms with van der Waals surface area (Å²) in [5.74, 6) is 0. The van der Waals surface area contributed by atoms with E-state index in [0.717, 1.165) is 43.2 Å². The second-order valence-corrected chi connectivity index (χ2v) is 9.70. The van der Waals surface area contributed by atoms with Gasteiger partial charge in [0.1, 0.15) is 0 Å². The second kappa shape index (κ2) is 7.66. The Labute approximate surface area is 189 Å². The van der Waals surface area contributed by atoms with Crippen LogP contribution >= 0.6 is 11.6 Å². The maximum atomic E-state index is 12.8. The van der Waals surface area contributed by atoms with Crippen LogP contribution in [0.3, 0.4) is 0 Å². The molecule has 8 heteroatoms. The van der Waals surface area contributed by atoms with Crippen molar-refractivity contribution in [3.05, 3.63) is 64.7 Å². The molecule has 4 nitrogen and oxygen atoms in total. The predicted molar refractivity (Wildman–Crippen MR) is 118 cm³/mol. The van der Waals surface area contributed by atoms with Crippen LogP contribution in [0.2, 0.25) is 5.02 Å². The van der Waals surface area contributed by atoms with Crippen molar-refractivity contribution in [2.45, 2.75) is 69.3 Å². The van der Waals surface area contributed by atoms with Gasteiger partial charge in [-0.25, -0.2) is 4.98 Å². The molecule has 1 N–H and O–H groups in total. The summed E-state index contributed by atoms with van der Waals surface area (Å²) in [5, 5.41) is 10.6. The lowest BCUT2D eigenvalue weighted by molar-refractivity contribution is -0.127. The van der Waals surface area contributed by atoms with E-state index >= 15 is 0 Å². The third-order valence-electron chi connectivity index (χ3n) is 6.91. The van der Waals surface area contributed by atoms with Crippen molar-refractivity contribution in [2.24, 2.45) is 0 Å². The zero-order chi connectivity index (χ0) is 22.7. The van der Waals surface area contributed by atoms with E-state index in [1.807, 2.05) is 6.92 Å². The van der Waals surface area contributed by atoms with E-state index in [9.17, 15) is 18.3 Å². The molecule has 1 atom stereocenters. The summed E-state index contributed by atoms with van der Waals surface area (Å²) < 4.78 is 39.9. The zero-order valence-electron chi connectivity index (χ0n) is 17.7. The molecule has 1 fully saturated rings.